The number of nitrogens with one attached hydrogen (secondary N) is 1. The van der Waals surface area contributed by atoms with Crippen LogP contribution in [0.1, 0.15) is 5.56 Å². The first-order valence-electron chi connectivity index (χ1n) is 7.52. The molecule has 1 fully saturated rings. The van der Waals surface area contributed by atoms with E-state index in [1.54, 1.807) is 18.5 Å². The van der Waals surface area contributed by atoms with Gasteiger partial charge in [0.25, 0.3) is 0 Å². The van der Waals surface area contributed by atoms with Gasteiger partial charge < -0.3 is 10.2 Å². The first kappa shape index (κ1) is 17.0. The number of hydrogen-bond donors (Lipinski definition) is 1. The van der Waals surface area contributed by atoms with Crippen molar-refractivity contribution in [1.29, 1.82) is 0 Å². The van der Waals surface area contributed by atoms with E-state index in [9.17, 15) is 13.2 Å². The van der Waals surface area contributed by atoms with Gasteiger partial charge in [0.2, 0.25) is 0 Å². The summed E-state index contributed by atoms with van der Waals surface area (Å²) < 4.78 is 39.4. The molecule has 0 saturated carbocycles. The Balaban J connectivity index is 2.07. The first-order chi connectivity index (χ1) is 11.5. The van der Waals surface area contributed by atoms with Crippen LogP contribution in [0.15, 0.2) is 35.7 Å². The number of aromatic nitrogens is 2. The van der Waals surface area contributed by atoms with Crippen molar-refractivity contribution in [2.24, 2.45) is 0 Å². The third-order valence-electron chi connectivity index (χ3n) is 3.90. The molecule has 2 heterocycles. The zero-order valence-corrected chi connectivity index (χ0v) is 13.9. The van der Waals surface area contributed by atoms with Crippen LogP contribution in [0.25, 0.3) is 11.1 Å². The molecule has 1 aromatic carbocycles. The lowest BCUT2D eigenvalue weighted by Crippen LogP contribution is -2.43. The van der Waals surface area contributed by atoms with Crippen LogP contribution in [-0.4, -0.2) is 42.4 Å². The van der Waals surface area contributed by atoms with Crippen molar-refractivity contribution in [1.82, 2.24) is 15.3 Å². The molecule has 0 spiro atoms. The van der Waals surface area contributed by atoms with E-state index in [1.165, 1.54) is 17.8 Å². The van der Waals surface area contributed by atoms with Crippen LogP contribution in [0, 0.1) is 0 Å². The molecule has 0 bridgehead atoms. The molecular weight excluding hydrogens is 337 g/mol. The maximum Gasteiger partial charge on any atom is 0.416 e. The molecule has 1 aromatic heterocycles. The Labute approximate surface area is 142 Å². The van der Waals surface area contributed by atoms with E-state index >= 15 is 0 Å². The van der Waals surface area contributed by atoms with Crippen LogP contribution < -0.4 is 10.2 Å². The van der Waals surface area contributed by atoms with E-state index in [-0.39, 0.29) is 0 Å². The number of thioether (sulfide) groups is 1. The molecule has 8 heteroatoms. The van der Waals surface area contributed by atoms with Gasteiger partial charge in [0.05, 0.1) is 5.56 Å². The maximum atomic E-state index is 13.1. The lowest BCUT2D eigenvalue weighted by molar-refractivity contribution is -0.137. The average Bonchev–Trinajstić information content (AvgIpc) is 2.61. The predicted molar refractivity (Wildman–Crippen MR) is 89.3 cm³/mol. The van der Waals surface area contributed by atoms with Gasteiger partial charge in [-0.1, -0.05) is 11.8 Å². The number of piperazine rings is 1. The van der Waals surface area contributed by atoms with Crippen LogP contribution in [0.4, 0.5) is 18.9 Å². The molecule has 0 unspecified atom stereocenters. The molecule has 3 rings (SSSR count). The first-order valence-corrected chi connectivity index (χ1v) is 8.75. The lowest BCUT2D eigenvalue weighted by atomic mass is 10.0. The van der Waals surface area contributed by atoms with Gasteiger partial charge in [-0.25, -0.2) is 9.97 Å². The highest BCUT2D eigenvalue weighted by atomic mass is 32.2. The third-order valence-corrected chi connectivity index (χ3v) is 4.48. The Morgan fingerprint density at radius 2 is 1.79 bits per heavy atom. The monoisotopic (exact) mass is 354 g/mol. The second-order valence-corrected chi connectivity index (χ2v) is 6.20. The van der Waals surface area contributed by atoms with Gasteiger partial charge in [0, 0.05) is 55.4 Å². The third kappa shape index (κ3) is 3.64. The second-order valence-electron chi connectivity index (χ2n) is 5.43. The van der Waals surface area contributed by atoms with E-state index in [4.69, 9.17) is 0 Å². The Morgan fingerprint density at radius 1 is 1.12 bits per heavy atom. The number of halogens is 3. The van der Waals surface area contributed by atoms with E-state index in [0.717, 1.165) is 37.9 Å². The maximum absolute atomic E-state index is 13.1. The fourth-order valence-corrected chi connectivity index (χ4v) is 3.00. The minimum absolute atomic E-state index is 0.513. The van der Waals surface area contributed by atoms with Gasteiger partial charge in [-0.3, -0.25) is 0 Å². The molecular formula is C16H17F3N4S. The van der Waals surface area contributed by atoms with Crippen molar-refractivity contribution in [2.45, 2.75) is 11.3 Å². The fourth-order valence-electron chi connectivity index (χ4n) is 2.69. The molecule has 0 aliphatic carbocycles. The molecule has 0 atom stereocenters. The molecule has 1 aliphatic rings. The minimum atomic E-state index is -4.38. The highest BCUT2D eigenvalue weighted by Crippen LogP contribution is 2.37. The Hall–Kier alpha value is -1.80. The summed E-state index contributed by atoms with van der Waals surface area (Å²) in [6.07, 6.45) is 0.641. The second kappa shape index (κ2) is 6.98. The molecule has 2 aromatic rings. The summed E-state index contributed by atoms with van der Waals surface area (Å²) in [6.45, 7) is 3.12. The van der Waals surface area contributed by atoms with Crippen LogP contribution >= 0.6 is 11.8 Å². The molecule has 4 nitrogen and oxygen atoms in total. The molecule has 1 saturated heterocycles. The van der Waals surface area contributed by atoms with Gasteiger partial charge in [0.15, 0.2) is 5.16 Å². The molecule has 0 amide bonds. The number of hydrogen-bond acceptors (Lipinski definition) is 5. The summed E-state index contributed by atoms with van der Waals surface area (Å²) >= 11 is 1.39. The predicted octanol–water partition coefficient (Wildman–Crippen LogP) is 3.29. The topological polar surface area (TPSA) is 41.1 Å². The van der Waals surface area contributed by atoms with Crippen molar-refractivity contribution in [2.75, 3.05) is 37.3 Å². The van der Waals surface area contributed by atoms with Crippen LogP contribution in [0.2, 0.25) is 0 Å². The minimum Gasteiger partial charge on any atom is -0.368 e. The Morgan fingerprint density at radius 3 is 2.38 bits per heavy atom. The van der Waals surface area contributed by atoms with E-state index in [1.807, 2.05) is 6.26 Å². The van der Waals surface area contributed by atoms with E-state index < -0.39 is 11.7 Å². The van der Waals surface area contributed by atoms with Gasteiger partial charge in [0.1, 0.15) is 0 Å². The summed E-state index contributed by atoms with van der Waals surface area (Å²) in [4.78, 5) is 10.5. The largest absolute Gasteiger partial charge is 0.416 e. The highest BCUT2D eigenvalue weighted by molar-refractivity contribution is 7.98. The quantitative estimate of drug-likeness (QED) is 0.677. The zero-order chi connectivity index (χ0) is 17.2. The zero-order valence-electron chi connectivity index (χ0n) is 13.1. The molecule has 24 heavy (non-hydrogen) atoms. The Bertz CT molecular complexity index is 697. The molecule has 128 valence electrons. The van der Waals surface area contributed by atoms with Crippen molar-refractivity contribution in [3.05, 3.63) is 36.2 Å². The fraction of sp³-hybridized carbons (Fsp3) is 0.375. The highest BCUT2D eigenvalue weighted by Gasteiger charge is 2.31. The smallest absolute Gasteiger partial charge is 0.368 e. The molecule has 1 N–H and O–H groups in total. The van der Waals surface area contributed by atoms with Crippen LogP contribution in [0.5, 0.6) is 0 Å². The van der Waals surface area contributed by atoms with E-state index in [0.29, 0.717) is 16.3 Å². The van der Waals surface area contributed by atoms with Crippen molar-refractivity contribution >= 4 is 17.4 Å². The summed E-state index contributed by atoms with van der Waals surface area (Å²) in [5.74, 6) is 0. The van der Waals surface area contributed by atoms with Crippen molar-refractivity contribution in [3.8, 4) is 11.1 Å². The van der Waals surface area contributed by atoms with Gasteiger partial charge in [-0.15, -0.1) is 0 Å². The number of rotatable bonds is 3. The summed E-state index contributed by atoms with van der Waals surface area (Å²) in [5.41, 5.74) is 1.22. The summed E-state index contributed by atoms with van der Waals surface area (Å²) in [5, 5.41) is 3.84. The van der Waals surface area contributed by atoms with Crippen molar-refractivity contribution < 1.29 is 13.2 Å². The number of nitrogens with zero attached hydrogens (tertiary/aromatic N) is 3. The molecule has 1 aliphatic heterocycles. The lowest BCUT2D eigenvalue weighted by Gasteiger charge is -2.31. The van der Waals surface area contributed by atoms with Crippen LogP contribution in [-0.2, 0) is 6.18 Å². The number of alkyl halides is 3. The van der Waals surface area contributed by atoms with E-state index in [2.05, 4.69) is 20.2 Å². The summed E-state index contributed by atoms with van der Waals surface area (Å²) in [6, 6.07) is 3.87. The van der Waals surface area contributed by atoms with Gasteiger partial charge in [-0.05, 0) is 24.5 Å². The van der Waals surface area contributed by atoms with Gasteiger partial charge >= 0.3 is 6.18 Å². The standard InChI is InChI=1S/C16H17F3N4S/c1-24-15-21-9-11(10-22-15)13-8-12(16(17,18)19)2-3-14(13)23-6-4-20-5-7-23/h2-3,8-10,20H,4-7H2,1H3. The number of anilines is 1. The van der Waals surface area contributed by atoms with Gasteiger partial charge in [-0.2, -0.15) is 13.2 Å². The Kier molecular flexibility index (Phi) is 4.96. The average molecular weight is 354 g/mol. The van der Waals surface area contributed by atoms with Crippen molar-refractivity contribution in [3.63, 3.8) is 0 Å². The van der Waals surface area contributed by atoms with Crippen LogP contribution in [0.3, 0.4) is 0 Å². The SMILES string of the molecule is CSc1ncc(-c2cc(C(F)(F)F)ccc2N2CCNCC2)cn1. The molecule has 0 radical (unpaired) electrons. The summed E-state index contributed by atoms with van der Waals surface area (Å²) in [7, 11) is 0. The normalized spacial score (nSPS) is 15.6. The number of benzene rings is 1.